The summed E-state index contributed by atoms with van der Waals surface area (Å²) in [6, 6.07) is 17.7. The second-order valence-corrected chi connectivity index (χ2v) is 8.33. The standard InChI is InChI=1S/C24H27NO2S/c1-2-27-23(26)13-16-25-14-11-18(12-15-25)24-20-8-4-3-7-19(20)17-28-22-10-6-5-9-21(22)24/h3-10H,2,11-17H2,1H3. The monoisotopic (exact) mass is 393 g/mol. The number of benzene rings is 2. The Kier molecular flexibility index (Phi) is 6.18. The maximum absolute atomic E-state index is 11.6. The SMILES string of the molecule is CCOC(=O)CCN1CCC(=C2c3ccccc3CSc3ccccc32)CC1. The first-order valence-electron chi connectivity index (χ1n) is 10.2. The number of carbonyl (C=O) groups is 1. The van der Waals surface area contributed by atoms with Crippen molar-refractivity contribution in [2.24, 2.45) is 0 Å². The molecule has 28 heavy (non-hydrogen) atoms. The quantitative estimate of drug-likeness (QED) is 0.673. The van der Waals surface area contributed by atoms with E-state index in [0.29, 0.717) is 13.0 Å². The van der Waals surface area contributed by atoms with Crippen LogP contribution >= 0.6 is 11.8 Å². The molecule has 4 heteroatoms. The molecule has 2 aromatic carbocycles. The van der Waals surface area contributed by atoms with E-state index in [0.717, 1.165) is 38.2 Å². The van der Waals surface area contributed by atoms with Gasteiger partial charge in [0.05, 0.1) is 13.0 Å². The number of piperidine rings is 1. The molecule has 2 aliphatic heterocycles. The Morgan fingerprint density at radius 1 is 1.04 bits per heavy atom. The summed E-state index contributed by atoms with van der Waals surface area (Å²) in [6.45, 7) is 5.14. The van der Waals surface area contributed by atoms with Crippen LogP contribution in [0.1, 0.15) is 42.9 Å². The second-order valence-electron chi connectivity index (χ2n) is 7.32. The van der Waals surface area contributed by atoms with Crippen LogP contribution < -0.4 is 0 Å². The minimum absolute atomic E-state index is 0.0877. The van der Waals surface area contributed by atoms with Crippen molar-refractivity contribution in [3.05, 3.63) is 70.8 Å². The Bertz CT molecular complexity index is 830. The van der Waals surface area contributed by atoms with Crippen LogP contribution in [0.15, 0.2) is 59.0 Å². The highest BCUT2D eigenvalue weighted by Gasteiger charge is 2.24. The Morgan fingerprint density at radius 2 is 1.75 bits per heavy atom. The molecule has 0 radical (unpaired) electrons. The van der Waals surface area contributed by atoms with Crippen LogP contribution in [0.2, 0.25) is 0 Å². The zero-order chi connectivity index (χ0) is 19.3. The van der Waals surface area contributed by atoms with E-state index in [1.54, 1.807) is 5.57 Å². The van der Waals surface area contributed by atoms with Crippen LogP contribution in [-0.4, -0.2) is 37.1 Å². The molecule has 2 aromatic rings. The average Bonchev–Trinajstić information content (AvgIpc) is 2.90. The fourth-order valence-electron chi connectivity index (χ4n) is 4.15. The predicted octanol–water partition coefficient (Wildman–Crippen LogP) is 5.14. The number of hydrogen-bond acceptors (Lipinski definition) is 4. The van der Waals surface area contributed by atoms with Crippen LogP contribution in [0.4, 0.5) is 0 Å². The van der Waals surface area contributed by atoms with Crippen molar-refractivity contribution < 1.29 is 9.53 Å². The first-order chi connectivity index (χ1) is 13.8. The predicted molar refractivity (Wildman–Crippen MR) is 115 cm³/mol. The van der Waals surface area contributed by atoms with E-state index >= 15 is 0 Å². The van der Waals surface area contributed by atoms with Crippen LogP contribution in [0.3, 0.4) is 0 Å². The highest BCUT2D eigenvalue weighted by molar-refractivity contribution is 7.98. The molecule has 2 heterocycles. The summed E-state index contributed by atoms with van der Waals surface area (Å²) in [7, 11) is 0. The lowest BCUT2D eigenvalue weighted by atomic mass is 9.86. The Morgan fingerprint density at radius 3 is 2.54 bits per heavy atom. The summed E-state index contributed by atoms with van der Waals surface area (Å²) in [5, 5.41) is 0. The Balaban J connectivity index is 1.58. The van der Waals surface area contributed by atoms with E-state index < -0.39 is 0 Å². The van der Waals surface area contributed by atoms with E-state index in [4.69, 9.17) is 4.74 Å². The molecule has 1 saturated heterocycles. The lowest BCUT2D eigenvalue weighted by Crippen LogP contribution is -2.33. The molecule has 0 amide bonds. The molecule has 0 bridgehead atoms. The molecule has 0 aromatic heterocycles. The smallest absolute Gasteiger partial charge is 0.307 e. The fraction of sp³-hybridized carbons (Fsp3) is 0.375. The van der Waals surface area contributed by atoms with Crippen molar-refractivity contribution in [3.63, 3.8) is 0 Å². The van der Waals surface area contributed by atoms with Gasteiger partial charge in [0.15, 0.2) is 0 Å². The van der Waals surface area contributed by atoms with E-state index in [1.165, 1.54) is 27.2 Å². The van der Waals surface area contributed by atoms with Crippen LogP contribution in [0.5, 0.6) is 0 Å². The normalized spacial score (nSPS) is 16.9. The number of carbonyl (C=O) groups excluding carboxylic acids is 1. The fourth-order valence-corrected chi connectivity index (χ4v) is 5.21. The van der Waals surface area contributed by atoms with E-state index in [1.807, 2.05) is 18.7 Å². The zero-order valence-electron chi connectivity index (χ0n) is 16.4. The molecule has 0 unspecified atom stereocenters. The topological polar surface area (TPSA) is 29.5 Å². The second kappa shape index (κ2) is 8.97. The number of nitrogens with zero attached hydrogens (tertiary/aromatic N) is 1. The third-order valence-electron chi connectivity index (χ3n) is 5.58. The van der Waals surface area contributed by atoms with Gasteiger partial charge < -0.3 is 9.64 Å². The number of rotatable bonds is 4. The lowest BCUT2D eigenvalue weighted by Gasteiger charge is -2.30. The molecule has 146 valence electrons. The van der Waals surface area contributed by atoms with Crippen LogP contribution in [0, 0.1) is 0 Å². The van der Waals surface area contributed by atoms with E-state index in [9.17, 15) is 4.79 Å². The van der Waals surface area contributed by atoms with Gasteiger partial charge in [0, 0.05) is 30.3 Å². The highest BCUT2D eigenvalue weighted by atomic mass is 32.2. The van der Waals surface area contributed by atoms with Gasteiger partial charge in [-0.1, -0.05) is 48.0 Å². The third kappa shape index (κ3) is 4.18. The van der Waals surface area contributed by atoms with Gasteiger partial charge in [-0.25, -0.2) is 0 Å². The van der Waals surface area contributed by atoms with E-state index in [-0.39, 0.29) is 5.97 Å². The van der Waals surface area contributed by atoms with Gasteiger partial charge in [0.1, 0.15) is 0 Å². The number of hydrogen-bond donors (Lipinski definition) is 0. The van der Waals surface area contributed by atoms with Crippen molar-refractivity contribution >= 4 is 23.3 Å². The number of likely N-dealkylation sites (tertiary alicyclic amines) is 1. The summed E-state index contributed by atoms with van der Waals surface area (Å²) >= 11 is 1.94. The highest BCUT2D eigenvalue weighted by Crippen LogP contribution is 2.43. The van der Waals surface area contributed by atoms with Gasteiger partial charge in [-0.05, 0) is 48.1 Å². The molecular weight excluding hydrogens is 366 g/mol. The van der Waals surface area contributed by atoms with Gasteiger partial charge in [0.25, 0.3) is 0 Å². The molecular formula is C24H27NO2S. The Labute approximate surface area is 171 Å². The number of esters is 1. The van der Waals surface area contributed by atoms with E-state index in [2.05, 4.69) is 53.4 Å². The maximum atomic E-state index is 11.6. The van der Waals surface area contributed by atoms with Crippen molar-refractivity contribution in [1.29, 1.82) is 0 Å². The van der Waals surface area contributed by atoms with Crippen LogP contribution in [0.25, 0.3) is 5.57 Å². The van der Waals surface area contributed by atoms with Gasteiger partial charge in [-0.2, -0.15) is 0 Å². The number of thioether (sulfide) groups is 1. The molecule has 3 nitrogen and oxygen atoms in total. The molecule has 0 saturated carbocycles. The Hall–Kier alpha value is -2.04. The van der Waals surface area contributed by atoms with Crippen molar-refractivity contribution in [3.8, 4) is 0 Å². The molecule has 0 aliphatic carbocycles. The molecule has 0 N–H and O–H groups in total. The third-order valence-corrected chi connectivity index (χ3v) is 6.70. The van der Waals surface area contributed by atoms with Crippen molar-refractivity contribution in [2.45, 2.75) is 36.8 Å². The first kappa shape index (κ1) is 19.3. The summed E-state index contributed by atoms with van der Waals surface area (Å²) in [6.07, 6.45) is 2.61. The molecule has 2 aliphatic rings. The minimum Gasteiger partial charge on any atom is -0.466 e. The first-order valence-corrected chi connectivity index (χ1v) is 11.2. The van der Waals surface area contributed by atoms with Crippen LogP contribution in [-0.2, 0) is 15.3 Å². The zero-order valence-corrected chi connectivity index (χ0v) is 17.3. The summed E-state index contributed by atoms with van der Waals surface area (Å²) in [5.41, 5.74) is 7.20. The largest absolute Gasteiger partial charge is 0.466 e. The van der Waals surface area contributed by atoms with Gasteiger partial charge >= 0.3 is 5.97 Å². The molecule has 1 fully saturated rings. The molecule has 0 atom stereocenters. The number of fused-ring (bicyclic) bond motifs is 2. The summed E-state index contributed by atoms with van der Waals surface area (Å²) < 4.78 is 5.06. The van der Waals surface area contributed by atoms with Gasteiger partial charge in [0.2, 0.25) is 0 Å². The summed E-state index contributed by atoms with van der Waals surface area (Å²) in [4.78, 5) is 15.4. The van der Waals surface area contributed by atoms with Gasteiger partial charge in [-0.15, -0.1) is 11.8 Å². The van der Waals surface area contributed by atoms with Gasteiger partial charge in [-0.3, -0.25) is 4.79 Å². The summed E-state index contributed by atoms with van der Waals surface area (Å²) in [5.74, 6) is 0.936. The number of ether oxygens (including phenoxy) is 1. The lowest BCUT2D eigenvalue weighted by molar-refractivity contribution is -0.143. The molecule has 4 rings (SSSR count). The molecule has 0 spiro atoms. The van der Waals surface area contributed by atoms with Crippen molar-refractivity contribution in [2.75, 3.05) is 26.2 Å². The minimum atomic E-state index is -0.0877. The maximum Gasteiger partial charge on any atom is 0.307 e. The van der Waals surface area contributed by atoms with Crippen molar-refractivity contribution in [1.82, 2.24) is 4.90 Å². The average molecular weight is 394 g/mol.